The molecule has 1 aromatic heterocycles. The average Bonchev–Trinajstić information content (AvgIpc) is 3.63. The van der Waals surface area contributed by atoms with Crippen molar-refractivity contribution in [2.24, 2.45) is 5.92 Å². The van der Waals surface area contributed by atoms with Gasteiger partial charge >= 0.3 is 0 Å². The summed E-state index contributed by atoms with van der Waals surface area (Å²) in [5, 5.41) is 0. The highest BCUT2D eigenvalue weighted by Crippen LogP contribution is 2.34. The molecule has 0 atom stereocenters. The molecule has 2 aliphatic rings. The Morgan fingerprint density at radius 3 is 2.47 bits per heavy atom. The number of nitrogens with zero attached hydrogens (tertiary/aromatic N) is 2. The van der Waals surface area contributed by atoms with Crippen LogP contribution in [0, 0.1) is 5.92 Å². The minimum atomic E-state index is 0.174. The number of rotatable bonds is 8. The number of hydrogen-bond donors (Lipinski definition) is 0. The molecule has 0 spiro atoms. The second-order valence-corrected chi connectivity index (χ2v) is 8.51. The Balaban J connectivity index is 1.47. The third kappa shape index (κ3) is 5.53. The van der Waals surface area contributed by atoms with Crippen molar-refractivity contribution < 1.29 is 14.3 Å². The van der Waals surface area contributed by atoms with Crippen molar-refractivity contribution in [3.63, 3.8) is 0 Å². The van der Waals surface area contributed by atoms with Crippen molar-refractivity contribution >= 4 is 5.91 Å². The van der Waals surface area contributed by atoms with E-state index >= 15 is 0 Å². The van der Waals surface area contributed by atoms with Gasteiger partial charge in [0, 0.05) is 18.7 Å². The maximum absolute atomic E-state index is 12.9. The maximum Gasteiger partial charge on any atom is 0.226 e. The molecular formula is C25H32N2O3. The highest BCUT2D eigenvalue weighted by atomic mass is 16.5. The van der Waals surface area contributed by atoms with E-state index in [1.54, 1.807) is 13.3 Å². The molecule has 2 saturated carbocycles. The zero-order chi connectivity index (χ0) is 20.8. The van der Waals surface area contributed by atoms with Gasteiger partial charge in [-0.1, -0.05) is 25.0 Å². The Bertz CT molecular complexity index is 828. The van der Waals surface area contributed by atoms with E-state index in [1.807, 2.05) is 35.2 Å². The molecule has 0 N–H and O–H groups in total. The SMILES string of the molecule is COc1cc(CN(Cc2ccccn2)C(=O)C2CC2)ccc1OC1CCCCCC1. The smallest absolute Gasteiger partial charge is 0.226 e. The highest BCUT2D eigenvalue weighted by Gasteiger charge is 2.33. The number of aromatic nitrogens is 1. The first-order chi connectivity index (χ1) is 14.7. The molecule has 0 bridgehead atoms. The van der Waals surface area contributed by atoms with Crippen molar-refractivity contribution in [2.45, 2.75) is 70.6 Å². The van der Waals surface area contributed by atoms with Gasteiger partial charge in [-0.25, -0.2) is 0 Å². The van der Waals surface area contributed by atoms with Crippen molar-refractivity contribution in [3.8, 4) is 11.5 Å². The van der Waals surface area contributed by atoms with Gasteiger partial charge in [0.15, 0.2) is 11.5 Å². The third-order valence-electron chi connectivity index (χ3n) is 6.01. The number of methoxy groups -OCH3 is 1. The minimum Gasteiger partial charge on any atom is -0.493 e. The molecule has 2 aromatic rings. The second kappa shape index (κ2) is 9.96. The molecule has 0 aliphatic heterocycles. The Labute approximate surface area is 179 Å². The lowest BCUT2D eigenvalue weighted by Crippen LogP contribution is -2.31. The monoisotopic (exact) mass is 408 g/mol. The van der Waals surface area contributed by atoms with Crippen LogP contribution in [0.2, 0.25) is 0 Å². The Kier molecular flexibility index (Phi) is 6.88. The van der Waals surface area contributed by atoms with Gasteiger partial charge in [-0.2, -0.15) is 0 Å². The summed E-state index contributed by atoms with van der Waals surface area (Å²) in [5.41, 5.74) is 1.96. The van der Waals surface area contributed by atoms with Crippen molar-refractivity contribution in [1.29, 1.82) is 0 Å². The Hall–Kier alpha value is -2.56. The highest BCUT2D eigenvalue weighted by molar-refractivity contribution is 5.81. The predicted octanol–water partition coefficient (Wildman–Crippen LogP) is 5.13. The summed E-state index contributed by atoms with van der Waals surface area (Å²) >= 11 is 0. The summed E-state index contributed by atoms with van der Waals surface area (Å²) in [7, 11) is 1.68. The van der Waals surface area contributed by atoms with E-state index < -0.39 is 0 Å². The van der Waals surface area contributed by atoms with E-state index in [0.29, 0.717) is 13.1 Å². The van der Waals surface area contributed by atoms with Crippen molar-refractivity contribution in [1.82, 2.24) is 9.88 Å². The molecule has 0 radical (unpaired) electrons. The summed E-state index contributed by atoms with van der Waals surface area (Å²) in [4.78, 5) is 19.2. The second-order valence-electron chi connectivity index (χ2n) is 8.51. The summed E-state index contributed by atoms with van der Waals surface area (Å²) in [6.07, 6.45) is 11.3. The van der Waals surface area contributed by atoms with Crippen LogP contribution in [0.1, 0.15) is 62.6 Å². The molecule has 1 heterocycles. The van der Waals surface area contributed by atoms with Crippen LogP contribution >= 0.6 is 0 Å². The molecule has 2 aliphatic carbocycles. The normalized spacial score (nSPS) is 17.2. The lowest BCUT2D eigenvalue weighted by molar-refractivity contribution is -0.133. The molecule has 1 amide bonds. The molecule has 2 fully saturated rings. The number of ether oxygens (including phenoxy) is 2. The zero-order valence-electron chi connectivity index (χ0n) is 17.9. The lowest BCUT2D eigenvalue weighted by atomic mass is 10.1. The van der Waals surface area contributed by atoms with Gasteiger partial charge in [0.25, 0.3) is 0 Å². The molecule has 0 saturated heterocycles. The summed E-state index contributed by atoms with van der Waals surface area (Å²) in [6, 6.07) is 11.9. The largest absolute Gasteiger partial charge is 0.493 e. The molecule has 4 rings (SSSR count). The molecule has 5 nitrogen and oxygen atoms in total. The van der Waals surface area contributed by atoms with Crippen LogP contribution in [0.4, 0.5) is 0 Å². The number of benzene rings is 1. The van der Waals surface area contributed by atoms with E-state index in [4.69, 9.17) is 9.47 Å². The standard InChI is InChI=1S/C25H32N2O3/c1-29-24-16-19(11-14-23(24)30-22-9-4-2-3-5-10-22)17-27(25(28)20-12-13-20)18-21-8-6-7-15-26-21/h6-8,11,14-16,20,22H,2-5,9-10,12-13,17-18H2,1H3. The average molecular weight is 409 g/mol. The van der Waals surface area contributed by atoms with Crippen LogP contribution < -0.4 is 9.47 Å². The zero-order valence-corrected chi connectivity index (χ0v) is 17.9. The fourth-order valence-corrected chi connectivity index (χ4v) is 4.15. The van der Waals surface area contributed by atoms with E-state index in [2.05, 4.69) is 11.1 Å². The van der Waals surface area contributed by atoms with E-state index in [9.17, 15) is 4.79 Å². The van der Waals surface area contributed by atoms with Crippen LogP contribution in [-0.2, 0) is 17.9 Å². The van der Waals surface area contributed by atoms with Gasteiger partial charge in [-0.15, -0.1) is 0 Å². The van der Waals surface area contributed by atoms with Gasteiger partial charge in [-0.05, 0) is 68.4 Å². The Morgan fingerprint density at radius 1 is 1.00 bits per heavy atom. The van der Waals surface area contributed by atoms with Gasteiger partial charge < -0.3 is 14.4 Å². The maximum atomic E-state index is 12.9. The first-order valence-corrected chi connectivity index (χ1v) is 11.2. The molecule has 1 aromatic carbocycles. The third-order valence-corrected chi connectivity index (χ3v) is 6.01. The van der Waals surface area contributed by atoms with E-state index in [1.165, 1.54) is 25.7 Å². The van der Waals surface area contributed by atoms with Crippen LogP contribution in [-0.4, -0.2) is 29.0 Å². The summed E-state index contributed by atoms with van der Waals surface area (Å²) in [6.45, 7) is 1.07. The molecular weight excluding hydrogens is 376 g/mol. The molecule has 5 heteroatoms. The number of amides is 1. The number of carbonyl (C=O) groups is 1. The summed E-state index contributed by atoms with van der Waals surface area (Å²) < 4.78 is 11.9. The van der Waals surface area contributed by atoms with Gasteiger partial charge in [0.1, 0.15) is 0 Å². The van der Waals surface area contributed by atoms with Gasteiger partial charge in [0.05, 0.1) is 25.5 Å². The molecule has 0 unspecified atom stereocenters. The minimum absolute atomic E-state index is 0.174. The van der Waals surface area contributed by atoms with E-state index in [-0.39, 0.29) is 17.9 Å². The first-order valence-electron chi connectivity index (χ1n) is 11.2. The molecule has 160 valence electrons. The van der Waals surface area contributed by atoms with Crippen LogP contribution in [0.15, 0.2) is 42.6 Å². The molecule has 30 heavy (non-hydrogen) atoms. The topological polar surface area (TPSA) is 51.7 Å². The fraction of sp³-hybridized carbons (Fsp3) is 0.520. The van der Waals surface area contributed by atoms with Gasteiger partial charge in [0.2, 0.25) is 5.91 Å². The van der Waals surface area contributed by atoms with Crippen LogP contribution in [0.25, 0.3) is 0 Å². The van der Waals surface area contributed by atoms with E-state index in [0.717, 1.165) is 48.4 Å². The predicted molar refractivity (Wildman–Crippen MR) is 116 cm³/mol. The van der Waals surface area contributed by atoms with Crippen LogP contribution in [0.5, 0.6) is 11.5 Å². The van der Waals surface area contributed by atoms with Gasteiger partial charge in [-0.3, -0.25) is 9.78 Å². The Morgan fingerprint density at radius 2 is 1.80 bits per heavy atom. The van der Waals surface area contributed by atoms with Crippen molar-refractivity contribution in [3.05, 3.63) is 53.9 Å². The lowest BCUT2D eigenvalue weighted by Gasteiger charge is -2.24. The summed E-state index contributed by atoms with van der Waals surface area (Å²) in [5.74, 6) is 1.94. The fourth-order valence-electron chi connectivity index (χ4n) is 4.15. The quantitative estimate of drug-likeness (QED) is 0.568. The first kappa shape index (κ1) is 20.7. The number of carbonyl (C=O) groups excluding carboxylic acids is 1. The number of pyridine rings is 1. The number of hydrogen-bond acceptors (Lipinski definition) is 4. The van der Waals surface area contributed by atoms with Crippen molar-refractivity contribution in [2.75, 3.05) is 7.11 Å². The van der Waals surface area contributed by atoms with Crippen LogP contribution in [0.3, 0.4) is 0 Å².